The maximum atomic E-state index is 13.3. The fourth-order valence-corrected chi connectivity index (χ4v) is 4.40. The highest BCUT2D eigenvalue weighted by Gasteiger charge is 2.36. The zero-order valence-electron chi connectivity index (χ0n) is 18.0. The summed E-state index contributed by atoms with van der Waals surface area (Å²) in [5.41, 5.74) is 1.64. The van der Waals surface area contributed by atoms with Gasteiger partial charge in [0.25, 0.3) is 11.1 Å². The second kappa shape index (κ2) is 10.9. The number of para-hydroxylation sites is 1. The van der Waals surface area contributed by atoms with Crippen LogP contribution in [0.25, 0.3) is 6.08 Å². The van der Waals surface area contributed by atoms with E-state index in [9.17, 15) is 18.8 Å². The van der Waals surface area contributed by atoms with Crippen LogP contribution in [0.4, 0.5) is 14.9 Å². The van der Waals surface area contributed by atoms with Gasteiger partial charge in [-0.25, -0.2) is 4.39 Å². The summed E-state index contributed by atoms with van der Waals surface area (Å²) in [5, 5.41) is 2.33. The summed E-state index contributed by atoms with van der Waals surface area (Å²) in [5.74, 6) is -1.35. The number of ether oxygens (including phenoxy) is 1. The minimum Gasteiger partial charge on any atom is -0.488 e. The number of hydrogen-bond acceptors (Lipinski definition) is 5. The fraction of sp³-hybridized carbons (Fsp3) is 0.0800. The van der Waals surface area contributed by atoms with Crippen molar-refractivity contribution in [3.8, 4) is 5.75 Å². The lowest BCUT2D eigenvalue weighted by Gasteiger charge is -2.13. The maximum Gasteiger partial charge on any atom is 0.294 e. The van der Waals surface area contributed by atoms with Gasteiger partial charge in [-0.15, -0.1) is 0 Å². The lowest BCUT2D eigenvalue weighted by Crippen LogP contribution is -2.36. The molecule has 0 radical (unpaired) electrons. The van der Waals surface area contributed by atoms with Crippen molar-refractivity contribution in [3.05, 3.63) is 98.6 Å². The first kappa shape index (κ1) is 24.8. The van der Waals surface area contributed by atoms with Crippen LogP contribution in [0.1, 0.15) is 11.1 Å². The summed E-state index contributed by atoms with van der Waals surface area (Å²) < 4.78 is 19.2. The number of anilines is 1. The second-order valence-corrected chi connectivity index (χ2v) is 9.17. The van der Waals surface area contributed by atoms with Crippen molar-refractivity contribution >= 4 is 63.8 Å². The van der Waals surface area contributed by atoms with Gasteiger partial charge in [-0.1, -0.05) is 59.6 Å². The first-order valence-corrected chi connectivity index (χ1v) is 11.8. The fourth-order valence-electron chi connectivity index (χ4n) is 3.20. The quantitative estimate of drug-likeness (QED) is 0.358. The van der Waals surface area contributed by atoms with Gasteiger partial charge in [0.05, 0.1) is 9.93 Å². The zero-order chi connectivity index (χ0) is 24.9. The van der Waals surface area contributed by atoms with Gasteiger partial charge >= 0.3 is 0 Å². The number of nitrogens with zero attached hydrogens (tertiary/aromatic N) is 1. The Morgan fingerprint density at radius 2 is 1.77 bits per heavy atom. The minimum atomic E-state index is -0.628. The van der Waals surface area contributed by atoms with Crippen LogP contribution in [0, 0.1) is 5.82 Å². The summed E-state index contributed by atoms with van der Waals surface area (Å²) in [6, 6.07) is 18.0. The Morgan fingerprint density at radius 3 is 2.54 bits per heavy atom. The third-order valence-corrected chi connectivity index (χ3v) is 6.49. The molecule has 0 aromatic heterocycles. The normalized spacial score (nSPS) is 14.5. The van der Waals surface area contributed by atoms with E-state index in [2.05, 4.69) is 5.32 Å². The molecule has 6 nitrogen and oxygen atoms in total. The Kier molecular flexibility index (Phi) is 7.75. The molecule has 35 heavy (non-hydrogen) atoms. The molecular formula is C25H17Cl2FN2O4S. The Balaban J connectivity index is 1.45. The summed E-state index contributed by atoms with van der Waals surface area (Å²) >= 11 is 12.6. The van der Waals surface area contributed by atoms with Crippen LogP contribution >= 0.6 is 35.0 Å². The number of nitrogens with one attached hydrogen (secondary N) is 1. The van der Waals surface area contributed by atoms with Crippen molar-refractivity contribution in [2.75, 3.05) is 11.9 Å². The molecule has 0 bridgehead atoms. The minimum absolute atomic E-state index is 0.154. The standard InChI is InChI=1S/C25H17Cl2FN2O4S/c26-18-7-3-1-6-16(18)14-34-21-8-4-2-5-15(21)11-22-24(32)30(25(33)35-22)13-23(31)29-17-9-10-20(28)19(27)12-17/h1-12H,13-14H2,(H,29,31)/b22-11+. The highest BCUT2D eigenvalue weighted by atomic mass is 35.5. The zero-order valence-corrected chi connectivity index (χ0v) is 20.3. The molecule has 0 atom stereocenters. The maximum absolute atomic E-state index is 13.3. The molecule has 1 heterocycles. The molecule has 1 aliphatic heterocycles. The van der Waals surface area contributed by atoms with Crippen molar-refractivity contribution < 1.29 is 23.5 Å². The lowest BCUT2D eigenvalue weighted by atomic mass is 10.1. The van der Waals surface area contributed by atoms with Crippen LogP contribution in [0.5, 0.6) is 5.75 Å². The highest BCUT2D eigenvalue weighted by molar-refractivity contribution is 8.18. The van der Waals surface area contributed by atoms with Crippen LogP contribution in [-0.4, -0.2) is 28.5 Å². The number of carbonyl (C=O) groups excluding carboxylic acids is 3. The largest absolute Gasteiger partial charge is 0.488 e. The second-order valence-electron chi connectivity index (χ2n) is 7.36. The number of amides is 3. The molecule has 3 amide bonds. The summed E-state index contributed by atoms with van der Waals surface area (Å²) in [7, 11) is 0. The molecule has 1 aliphatic rings. The van der Waals surface area contributed by atoms with Crippen molar-refractivity contribution in [2.45, 2.75) is 6.61 Å². The Bertz CT molecular complexity index is 1350. The molecule has 0 aliphatic carbocycles. The number of carbonyl (C=O) groups is 3. The first-order chi connectivity index (χ1) is 16.8. The number of rotatable bonds is 7. The van der Waals surface area contributed by atoms with E-state index in [0.29, 0.717) is 16.3 Å². The number of halogens is 3. The first-order valence-electron chi connectivity index (χ1n) is 10.3. The van der Waals surface area contributed by atoms with Crippen LogP contribution < -0.4 is 10.1 Å². The Labute approximate surface area is 214 Å². The van der Waals surface area contributed by atoms with E-state index in [4.69, 9.17) is 27.9 Å². The van der Waals surface area contributed by atoms with Gasteiger partial charge < -0.3 is 10.1 Å². The van der Waals surface area contributed by atoms with Gasteiger partial charge in [-0.3, -0.25) is 19.3 Å². The predicted octanol–water partition coefficient (Wildman–Crippen LogP) is 6.39. The molecule has 3 aromatic carbocycles. The van der Waals surface area contributed by atoms with Gasteiger partial charge in [-0.05, 0) is 48.2 Å². The van der Waals surface area contributed by atoms with Crippen LogP contribution in [0.3, 0.4) is 0 Å². The molecule has 3 aromatic rings. The van der Waals surface area contributed by atoms with Gasteiger partial charge in [0.1, 0.15) is 24.7 Å². The van der Waals surface area contributed by atoms with E-state index < -0.39 is 29.4 Å². The predicted molar refractivity (Wildman–Crippen MR) is 135 cm³/mol. The van der Waals surface area contributed by atoms with Gasteiger partial charge in [-0.2, -0.15) is 0 Å². The molecule has 0 saturated carbocycles. The van der Waals surface area contributed by atoms with Gasteiger partial charge in [0.15, 0.2) is 0 Å². The van der Waals surface area contributed by atoms with E-state index in [1.165, 1.54) is 12.1 Å². The van der Waals surface area contributed by atoms with Crippen LogP contribution in [0.15, 0.2) is 71.6 Å². The average molecular weight is 531 g/mol. The smallest absolute Gasteiger partial charge is 0.294 e. The third-order valence-electron chi connectivity index (χ3n) is 4.93. The third kappa shape index (κ3) is 6.03. The van der Waals surface area contributed by atoms with Gasteiger partial charge in [0.2, 0.25) is 5.91 Å². The van der Waals surface area contributed by atoms with E-state index in [1.54, 1.807) is 36.4 Å². The van der Waals surface area contributed by atoms with Crippen molar-refractivity contribution in [2.24, 2.45) is 0 Å². The van der Waals surface area contributed by atoms with Crippen LogP contribution in [-0.2, 0) is 16.2 Å². The number of benzene rings is 3. The molecular weight excluding hydrogens is 514 g/mol. The molecule has 1 N–H and O–H groups in total. The molecule has 10 heteroatoms. The molecule has 0 spiro atoms. The highest BCUT2D eigenvalue weighted by Crippen LogP contribution is 2.34. The molecule has 0 unspecified atom stereocenters. The van der Waals surface area contributed by atoms with E-state index >= 15 is 0 Å². The van der Waals surface area contributed by atoms with Crippen molar-refractivity contribution in [1.29, 1.82) is 0 Å². The van der Waals surface area contributed by atoms with Crippen LogP contribution in [0.2, 0.25) is 10.0 Å². The molecule has 1 fully saturated rings. The van der Waals surface area contributed by atoms with E-state index in [-0.39, 0.29) is 22.2 Å². The Morgan fingerprint density at radius 1 is 1.03 bits per heavy atom. The summed E-state index contributed by atoms with van der Waals surface area (Å²) in [6.07, 6.45) is 1.55. The lowest BCUT2D eigenvalue weighted by molar-refractivity contribution is -0.127. The average Bonchev–Trinajstić information content (AvgIpc) is 3.09. The molecule has 4 rings (SSSR count). The molecule has 178 valence electrons. The van der Waals surface area contributed by atoms with Crippen molar-refractivity contribution in [1.82, 2.24) is 4.90 Å². The van der Waals surface area contributed by atoms with Crippen molar-refractivity contribution in [3.63, 3.8) is 0 Å². The SMILES string of the molecule is O=C(CN1C(=O)S/C(=C/c2ccccc2OCc2ccccc2Cl)C1=O)Nc1ccc(F)c(Cl)c1. The van der Waals surface area contributed by atoms with E-state index in [0.717, 1.165) is 28.3 Å². The summed E-state index contributed by atoms with van der Waals surface area (Å²) in [6.45, 7) is -0.277. The van der Waals surface area contributed by atoms with Gasteiger partial charge in [0, 0.05) is 21.8 Å². The number of hydrogen-bond donors (Lipinski definition) is 1. The molecule has 1 saturated heterocycles. The monoisotopic (exact) mass is 530 g/mol. The topological polar surface area (TPSA) is 75.7 Å². The van der Waals surface area contributed by atoms with E-state index in [1.807, 2.05) is 18.2 Å². The summed E-state index contributed by atoms with van der Waals surface area (Å²) in [4.78, 5) is 38.6. The number of imide groups is 1. The Hall–Kier alpha value is -3.33. The number of thioether (sulfide) groups is 1.